The van der Waals surface area contributed by atoms with Crippen LogP contribution in [0.15, 0.2) is 0 Å². The van der Waals surface area contributed by atoms with Crippen molar-refractivity contribution < 1.29 is 24.1 Å². The first kappa shape index (κ1) is 12.8. The molecule has 2 aliphatic heterocycles. The van der Waals surface area contributed by atoms with Gasteiger partial charge in [-0.05, 0) is 19.8 Å². The van der Waals surface area contributed by atoms with Crippen LogP contribution in [-0.2, 0) is 19.0 Å². The number of aliphatic hydroxyl groups excluding tert-OH is 1. The molecule has 0 bridgehead atoms. The molecule has 0 aromatic heterocycles. The van der Waals surface area contributed by atoms with Gasteiger partial charge in [-0.15, -0.1) is 0 Å². The molecule has 4 atom stereocenters. The molecule has 0 saturated carbocycles. The zero-order chi connectivity index (χ0) is 12.3. The Morgan fingerprint density at radius 2 is 2.29 bits per heavy atom. The van der Waals surface area contributed by atoms with Crippen LogP contribution in [0.5, 0.6) is 0 Å². The molecular weight excluding hydrogens is 224 g/mol. The second-order valence-electron chi connectivity index (χ2n) is 4.58. The first-order valence-electron chi connectivity index (χ1n) is 6.31. The number of carbonyl (C=O) groups is 1. The summed E-state index contributed by atoms with van der Waals surface area (Å²) >= 11 is 0. The maximum Gasteiger partial charge on any atom is 0.308 e. The molecule has 0 aromatic carbocycles. The lowest BCUT2D eigenvalue weighted by Crippen LogP contribution is -2.50. The van der Waals surface area contributed by atoms with Gasteiger partial charge in [0.25, 0.3) is 0 Å². The average Bonchev–Trinajstić information content (AvgIpc) is 2.30. The number of aliphatic hydroxyl groups is 1. The van der Waals surface area contributed by atoms with Crippen LogP contribution in [0.25, 0.3) is 0 Å². The minimum atomic E-state index is -0.640. The molecule has 98 valence electrons. The van der Waals surface area contributed by atoms with Crippen molar-refractivity contribution in [2.75, 3.05) is 13.2 Å². The molecule has 2 aliphatic rings. The zero-order valence-corrected chi connectivity index (χ0v) is 10.1. The van der Waals surface area contributed by atoms with Crippen molar-refractivity contribution >= 4 is 5.97 Å². The van der Waals surface area contributed by atoms with Gasteiger partial charge in [0, 0.05) is 13.0 Å². The number of hydrogen-bond donors (Lipinski definition) is 1. The van der Waals surface area contributed by atoms with Crippen LogP contribution >= 0.6 is 0 Å². The molecule has 17 heavy (non-hydrogen) atoms. The molecule has 0 unspecified atom stereocenters. The molecule has 2 rings (SSSR count). The van der Waals surface area contributed by atoms with Crippen molar-refractivity contribution in [2.45, 2.75) is 57.0 Å². The highest BCUT2D eigenvalue weighted by Gasteiger charge is 2.40. The van der Waals surface area contributed by atoms with Crippen molar-refractivity contribution in [1.82, 2.24) is 0 Å². The topological polar surface area (TPSA) is 65.0 Å². The second kappa shape index (κ2) is 5.80. The van der Waals surface area contributed by atoms with Crippen LogP contribution in [0, 0.1) is 0 Å². The second-order valence-corrected chi connectivity index (χ2v) is 4.58. The molecule has 2 fully saturated rings. The van der Waals surface area contributed by atoms with Gasteiger partial charge >= 0.3 is 5.97 Å². The third-order valence-corrected chi connectivity index (χ3v) is 3.31. The molecule has 0 amide bonds. The van der Waals surface area contributed by atoms with E-state index < -0.39 is 12.2 Å². The fourth-order valence-corrected chi connectivity index (χ4v) is 2.46. The third-order valence-electron chi connectivity index (χ3n) is 3.31. The van der Waals surface area contributed by atoms with Crippen LogP contribution in [0.2, 0.25) is 0 Å². The van der Waals surface area contributed by atoms with E-state index in [1.807, 2.05) is 0 Å². The first-order valence-corrected chi connectivity index (χ1v) is 6.31. The molecule has 5 nitrogen and oxygen atoms in total. The van der Waals surface area contributed by atoms with Crippen molar-refractivity contribution in [2.24, 2.45) is 0 Å². The van der Waals surface area contributed by atoms with Crippen LogP contribution < -0.4 is 0 Å². The van der Waals surface area contributed by atoms with E-state index in [0.29, 0.717) is 13.0 Å². The van der Waals surface area contributed by atoms with Crippen molar-refractivity contribution in [3.63, 3.8) is 0 Å². The third kappa shape index (κ3) is 3.18. The Labute approximate surface area is 101 Å². The summed E-state index contributed by atoms with van der Waals surface area (Å²) in [5, 5.41) is 9.91. The van der Waals surface area contributed by atoms with Crippen LogP contribution in [-0.4, -0.2) is 48.7 Å². The predicted molar refractivity (Wildman–Crippen MR) is 59.5 cm³/mol. The lowest BCUT2D eigenvalue weighted by molar-refractivity contribution is -0.206. The average molecular weight is 244 g/mol. The van der Waals surface area contributed by atoms with Crippen LogP contribution in [0.4, 0.5) is 0 Å². The zero-order valence-electron chi connectivity index (χ0n) is 10.1. The Bertz CT molecular complexity index is 268. The lowest BCUT2D eigenvalue weighted by Gasteiger charge is -2.41. The van der Waals surface area contributed by atoms with E-state index in [9.17, 15) is 9.90 Å². The normalized spacial score (nSPS) is 37.3. The summed E-state index contributed by atoms with van der Waals surface area (Å²) in [6.07, 6.45) is 1.51. The summed E-state index contributed by atoms with van der Waals surface area (Å²) in [5.41, 5.74) is 0. The Morgan fingerprint density at radius 1 is 1.47 bits per heavy atom. The number of fused-ring (bicyclic) bond motifs is 1. The number of carbonyl (C=O) groups excluding carboxylic acids is 1. The van der Waals surface area contributed by atoms with Crippen molar-refractivity contribution in [1.29, 1.82) is 0 Å². The van der Waals surface area contributed by atoms with E-state index >= 15 is 0 Å². The summed E-state index contributed by atoms with van der Waals surface area (Å²) in [4.78, 5) is 11.4. The standard InChI is InChI=1S/C12H20O5/c1-2-15-12(14)7-10-8(13)6-11-9(17-10)4-3-5-16-11/h8-11,13H,2-7H2,1H3/t8-,9+,10+,11-/m1/s1. The van der Waals surface area contributed by atoms with Gasteiger partial charge in [-0.1, -0.05) is 0 Å². The van der Waals surface area contributed by atoms with Gasteiger partial charge in [-0.2, -0.15) is 0 Å². The molecule has 2 heterocycles. The SMILES string of the molecule is CCOC(=O)C[C@@H]1O[C@H]2CCCO[C@@H]2C[C@H]1O. The Kier molecular flexibility index (Phi) is 4.36. The summed E-state index contributed by atoms with van der Waals surface area (Å²) in [7, 11) is 0. The van der Waals surface area contributed by atoms with E-state index in [1.165, 1.54) is 0 Å². The summed E-state index contributed by atoms with van der Waals surface area (Å²) in [5.74, 6) is -0.313. The maximum atomic E-state index is 11.4. The highest BCUT2D eigenvalue weighted by Crippen LogP contribution is 2.30. The van der Waals surface area contributed by atoms with Gasteiger partial charge in [0.2, 0.25) is 0 Å². The van der Waals surface area contributed by atoms with E-state index in [0.717, 1.165) is 19.4 Å². The van der Waals surface area contributed by atoms with Gasteiger partial charge in [0.1, 0.15) is 0 Å². The Balaban J connectivity index is 1.88. The highest BCUT2D eigenvalue weighted by atomic mass is 16.6. The van der Waals surface area contributed by atoms with E-state index in [1.54, 1.807) is 6.92 Å². The molecule has 0 spiro atoms. The molecular formula is C12H20O5. The fraction of sp³-hybridized carbons (Fsp3) is 0.917. The van der Waals surface area contributed by atoms with Crippen LogP contribution in [0.1, 0.15) is 32.6 Å². The molecule has 1 N–H and O–H groups in total. The predicted octanol–water partition coefficient (Wildman–Crippen LogP) is 0.637. The van der Waals surface area contributed by atoms with E-state index in [-0.39, 0.29) is 24.6 Å². The highest BCUT2D eigenvalue weighted by molar-refractivity contribution is 5.70. The maximum absolute atomic E-state index is 11.4. The molecule has 0 aliphatic carbocycles. The lowest BCUT2D eigenvalue weighted by atomic mass is 9.92. The summed E-state index contributed by atoms with van der Waals surface area (Å²) in [6, 6.07) is 0. The Morgan fingerprint density at radius 3 is 3.06 bits per heavy atom. The molecule has 5 heteroatoms. The number of rotatable bonds is 3. The molecule has 0 radical (unpaired) electrons. The monoisotopic (exact) mass is 244 g/mol. The van der Waals surface area contributed by atoms with E-state index in [4.69, 9.17) is 14.2 Å². The summed E-state index contributed by atoms with van der Waals surface area (Å²) in [6.45, 7) is 2.86. The molecule has 2 saturated heterocycles. The quantitative estimate of drug-likeness (QED) is 0.738. The van der Waals surface area contributed by atoms with Crippen molar-refractivity contribution in [3.05, 3.63) is 0 Å². The smallest absolute Gasteiger partial charge is 0.308 e. The van der Waals surface area contributed by atoms with Gasteiger partial charge in [-0.3, -0.25) is 4.79 Å². The summed E-state index contributed by atoms with van der Waals surface area (Å²) < 4.78 is 16.2. The van der Waals surface area contributed by atoms with E-state index in [2.05, 4.69) is 0 Å². The minimum absolute atomic E-state index is 0.0165. The largest absolute Gasteiger partial charge is 0.466 e. The van der Waals surface area contributed by atoms with Gasteiger partial charge in [0.15, 0.2) is 0 Å². The number of hydrogen-bond acceptors (Lipinski definition) is 5. The van der Waals surface area contributed by atoms with Crippen LogP contribution in [0.3, 0.4) is 0 Å². The van der Waals surface area contributed by atoms with Gasteiger partial charge in [0.05, 0.1) is 37.4 Å². The number of esters is 1. The minimum Gasteiger partial charge on any atom is -0.466 e. The molecule has 0 aromatic rings. The van der Waals surface area contributed by atoms with Gasteiger partial charge in [-0.25, -0.2) is 0 Å². The fourth-order valence-electron chi connectivity index (χ4n) is 2.46. The number of ether oxygens (including phenoxy) is 3. The Hall–Kier alpha value is -0.650. The first-order chi connectivity index (χ1) is 8.20. The van der Waals surface area contributed by atoms with Crippen molar-refractivity contribution in [3.8, 4) is 0 Å². The van der Waals surface area contributed by atoms with Gasteiger partial charge < -0.3 is 19.3 Å².